The number of rotatable bonds is 8. The van der Waals surface area contributed by atoms with Crippen LogP contribution in [0.3, 0.4) is 0 Å². The molecule has 1 N–H and O–H groups in total. The van der Waals surface area contributed by atoms with Gasteiger partial charge in [-0.25, -0.2) is 0 Å². The summed E-state index contributed by atoms with van der Waals surface area (Å²) in [6.45, 7) is 9.19. The van der Waals surface area contributed by atoms with Crippen LogP contribution in [0.4, 0.5) is 0 Å². The highest BCUT2D eigenvalue weighted by atomic mass is 32.2. The molecule has 2 rings (SSSR count). The summed E-state index contributed by atoms with van der Waals surface area (Å²) in [5.74, 6) is 0.528. The van der Waals surface area contributed by atoms with Crippen molar-refractivity contribution in [3.63, 3.8) is 0 Å². The molecule has 0 radical (unpaired) electrons. The highest BCUT2D eigenvalue weighted by Crippen LogP contribution is 2.15. The first-order valence-corrected chi connectivity index (χ1v) is 10.7. The summed E-state index contributed by atoms with van der Waals surface area (Å²) in [4.78, 5) is 2.25. The predicted octanol–water partition coefficient (Wildman–Crippen LogP) is 3.68. The number of amidine groups is 1. The molecule has 0 saturated heterocycles. The summed E-state index contributed by atoms with van der Waals surface area (Å²) in [7, 11) is -3.76. The first kappa shape index (κ1) is 21.1. The van der Waals surface area contributed by atoms with Gasteiger partial charge in [-0.15, -0.1) is 4.40 Å². The average molecular weight is 388 g/mol. The first-order chi connectivity index (χ1) is 12.8. The number of hydrogen-bond donors (Lipinski definition) is 1. The summed E-state index contributed by atoms with van der Waals surface area (Å²) < 4.78 is 29.8. The molecule has 0 unspecified atom stereocenters. The molecule has 0 bridgehead atoms. The SMILES string of the molecule is CC(C)N(/C(CNCc1ccccc1)=N/S(=O)(=O)c1ccccc1)C(C)C. The molecular formula is C21H29N3O2S. The smallest absolute Gasteiger partial charge is 0.283 e. The van der Waals surface area contributed by atoms with Crippen molar-refractivity contribution in [3.05, 3.63) is 66.2 Å². The minimum atomic E-state index is -3.76. The fourth-order valence-corrected chi connectivity index (χ4v) is 4.10. The van der Waals surface area contributed by atoms with E-state index in [4.69, 9.17) is 0 Å². The van der Waals surface area contributed by atoms with Crippen LogP contribution in [0.1, 0.15) is 33.3 Å². The highest BCUT2D eigenvalue weighted by Gasteiger charge is 2.22. The Morgan fingerprint density at radius 1 is 0.926 bits per heavy atom. The lowest BCUT2D eigenvalue weighted by Gasteiger charge is -2.34. The molecule has 0 aliphatic heterocycles. The van der Waals surface area contributed by atoms with Crippen molar-refractivity contribution in [3.8, 4) is 0 Å². The molecule has 0 saturated carbocycles. The lowest BCUT2D eigenvalue weighted by Crippen LogP contribution is -2.46. The van der Waals surface area contributed by atoms with Crippen molar-refractivity contribution >= 4 is 15.9 Å². The fourth-order valence-electron chi connectivity index (χ4n) is 3.06. The number of hydrogen-bond acceptors (Lipinski definition) is 3. The molecular weight excluding hydrogens is 358 g/mol. The van der Waals surface area contributed by atoms with Gasteiger partial charge in [0.25, 0.3) is 10.0 Å². The Labute approximate surface area is 163 Å². The molecule has 2 aromatic rings. The molecule has 0 amide bonds. The van der Waals surface area contributed by atoms with Crippen molar-refractivity contribution < 1.29 is 8.42 Å². The van der Waals surface area contributed by atoms with Gasteiger partial charge in [0, 0.05) is 18.6 Å². The zero-order chi connectivity index (χ0) is 19.9. The zero-order valence-corrected chi connectivity index (χ0v) is 17.3. The molecule has 146 valence electrons. The molecule has 0 spiro atoms. The maximum atomic E-state index is 12.8. The van der Waals surface area contributed by atoms with Crippen molar-refractivity contribution in [1.82, 2.24) is 10.2 Å². The molecule has 27 heavy (non-hydrogen) atoms. The van der Waals surface area contributed by atoms with E-state index in [9.17, 15) is 8.42 Å². The van der Waals surface area contributed by atoms with E-state index in [1.54, 1.807) is 30.3 Å². The maximum absolute atomic E-state index is 12.8. The van der Waals surface area contributed by atoms with Gasteiger partial charge in [0.2, 0.25) is 0 Å². The van der Waals surface area contributed by atoms with Crippen molar-refractivity contribution in [2.75, 3.05) is 6.54 Å². The molecule has 0 heterocycles. The zero-order valence-electron chi connectivity index (χ0n) is 16.5. The largest absolute Gasteiger partial charge is 0.353 e. The monoisotopic (exact) mass is 387 g/mol. The molecule has 0 atom stereocenters. The van der Waals surface area contributed by atoms with E-state index in [1.165, 1.54) is 0 Å². The number of nitrogens with one attached hydrogen (secondary N) is 1. The molecule has 0 aromatic heterocycles. The molecule has 0 fully saturated rings. The molecule has 0 aliphatic rings. The highest BCUT2D eigenvalue weighted by molar-refractivity contribution is 7.90. The Kier molecular flexibility index (Phi) is 7.56. The van der Waals surface area contributed by atoms with Crippen LogP contribution in [-0.2, 0) is 16.6 Å². The molecule has 2 aromatic carbocycles. The number of nitrogens with zero attached hydrogens (tertiary/aromatic N) is 2. The Bertz CT molecular complexity index is 824. The Hall–Kier alpha value is -2.18. The van der Waals surface area contributed by atoms with Gasteiger partial charge in [0.15, 0.2) is 0 Å². The van der Waals surface area contributed by atoms with Gasteiger partial charge in [0.05, 0.1) is 11.4 Å². The van der Waals surface area contributed by atoms with Gasteiger partial charge < -0.3 is 10.2 Å². The lowest BCUT2D eigenvalue weighted by molar-refractivity contribution is 0.287. The van der Waals surface area contributed by atoms with Crippen LogP contribution in [0.2, 0.25) is 0 Å². The van der Waals surface area contributed by atoms with Crippen molar-refractivity contribution in [2.24, 2.45) is 4.40 Å². The minimum absolute atomic E-state index is 0.133. The Morgan fingerprint density at radius 3 is 1.96 bits per heavy atom. The van der Waals surface area contributed by atoms with Crippen molar-refractivity contribution in [1.29, 1.82) is 0 Å². The third-order valence-electron chi connectivity index (χ3n) is 4.13. The van der Waals surface area contributed by atoms with E-state index in [0.717, 1.165) is 5.56 Å². The topological polar surface area (TPSA) is 61.8 Å². The summed E-state index contributed by atoms with van der Waals surface area (Å²) in [5.41, 5.74) is 1.14. The Morgan fingerprint density at radius 2 is 1.44 bits per heavy atom. The van der Waals surface area contributed by atoms with Crippen LogP contribution in [0, 0.1) is 0 Å². The van der Waals surface area contributed by atoms with E-state index in [1.807, 2.05) is 62.9 Å². The Balaban J connectivity index is 2.28. The van der Waals surface area contributed by atoms with Gasteiger partial charge in [-0.05, 0) is 45.4 Å². The first-order valence-electron chi connectivity index (χ1n) is 9.23. The van der Waals surface area contributed by atoms with Gasteiger partial charge >= 0.3 is 0 Å². The molecule has 5 nitrogen and oxygen atoms in total. The van der Waals surface area contributed by atoms with E-state index < -0.39 is 10.0 Å². The summed E-state index contributed by atoms with van der Waals surface area (Å²) in [5, 5.41) is 3.33. The molecule has 6 heteroatoms. The van der Waals surface area contributed by atoms with E-state index in [2.05, 4.69) is 9.71 Å². The predicted molar refractivity (Wildman–Crippen MR) is 111 cm³/mol. The average Bonchev–Trinajstić information content (AvgIpc) is 2.62. The van der Waals surface area contributed by atoms with E-state index in [0.29, 0.717) is 18.9 Å². The van der Waals surface area contributed by atoms with Crippen LogP contribution < -0.4 is 5.32 Å². The normalized spacial score (nSPS) is 12.6. The summed E-state index contributed by atoms with van der Waals surface area (Å²) >= 11 is 0. The standard InChI is InChI=1S/C21H29N3O2S/c1-17(2)24(18(3)4)21(16-22-15-19-11-7-5-8-12-19)23-27(25,26)20-13-9-6-10-14-20/h5-14,17-18,22H,15-16H2,1-4H3/b23-21+. The second kappa shape index (κ2) is 9.67. The van der Waals surface area contributed by atoms with Gasteiger partial charge in [0.1, 0.15) is 5.84 Å². The van der Waals surface area contributed by atoms with Gasteiger partial charge in [-0.3, -0.25) is 0 Å². The quantitative estimate of drug-likeness (QED) is 0.554. The van der Waals surface area contributed by atoms with Crippen LogP contribution in [0.15, 0.2) is 70.0 Å². The fraction of sp³-hybridized carbons (Fsp3) is 0.381. The second-order valence-electron chi connectivity index (χ2n) is 6.98. The third-order valence-corrected chi connectivity index (χ3v) is 5.45. The second-order valence-corrected chi connectivity index (χ2v) is 8.58. The molecule has 0 aliphatic carbocycles. The van der Waals surface area contributed by atoms with Gasteiger partial charge in [-0.2, -0.15) is 8.42 Å². The van der Waals surface area contributed by atoms with Crippen LogP contribution in [0.25, 0.3) is 0 Å². The van der Waals surface area contributed by atoms with Crippen LogP contribution in [-0.4, -0.2) is 37.8 Å². The van der Waals surface area contributed by atoms with Crippen LogP contribution in [0.5, 0.6) is 0 Å². The lowest BCUT2D eigenvalue weighted by atomic mass is 10.2. The summed E-state index contributed by atoms with van der Waals surface area (Å²) in [6, 6.07) is 18.6. The maximum Gasteiger partial charge on any atom is 0.283 e. The third kappa shape index (κ3) is 6.19. The van der Waals surface area contributed by atoms with E-state index in [-0.39, 0.29) is 17.0 Å². The number of sulfonamides is 1. The number of benzene rings is 2. The minimum Gasteiger partial charge on any atom is -0.353 e. The summed E-state index contributed by atoms with van der Waals surface area (Å²) in [6.07, 6.45) is 0. The van der Waals surface area contributed by atoms with Crippen molar-refractivity contribution in [2.45, 2.75) is 51.2 Å². The van der Waals surface area contributed by atoms with E-state index >= 15 is 0 Å². The van der Waals surface area contributed by atoms with Gasteiger partial charge in [-0.1, -0.05) is 48.5 Å². The van der Waals surface area contributed by atoms with Crippen LogP contribution >= 0.6 is 0 Å².